The first-order valence-electron chi connectivity index (χ1n) is 20.7. The number of aliphatic hydroxyl groups is 1. The molecular formula is C45H54F2N4O8. The van der Waals surface area contributed by atoms with Gasteiger partial charge in [-0.3, -0.25) is 19.4 Å². The maximum atomic E-state index is 15.3. The Morgan fingerprint density at radius 2 is 1.78 bits per heavy atom. The van der Waals surface area contributed by atoms with Crippen molar-refractivity contribution in [3.8, 4) is 5.75 Å². The summed E-state index contributed by atoms with van der Waals surface area (Å²) in [5.74, 6) is -5.92. The predicted octanol–water partition coefficient (Wildman–Crippen LogP) is 5.08. The highest BCUT2D eigenvalue weighted by Gasteiger charge is 2.80. The van der Waals surface area contributed by atoms with Gasteiger partial charge in [-0.15, -0.1) is 0 Å². The molecular weight excluding hydrogens is 763 g/mol. The van der Waals surface area contributed by atoms with E-state index in [0.717, 1.165) is 29.0 Å². The van der Waals surface area contributed by atoms with Crippen LogP contribution in [0.15, 0.2) is 48.6 Å². The Kier molecular flexibility index (Phi) is 9.12. The van der Waals surface area contributed by atoms with Gasteiger partial charge in [0.05, 0.1) is 27.4 Å². The first kappa shape index (κ1) is 39.9. The zero-order valence-corrected chi connectivity index (χ0v) is 34.8. The number of fused-ring (bicyclic) bond motifs is 6. The second-order valence-electron chi connectivity index (χ2n) is 18.0. The smallest absolute Gasteiger partial charge is 0.344 e. The fraction of sp³-hybridized carbons (Fsp3) is 0.578. The summed E-state index contributed by atoms with van der Waals surface area (Å²) in [4.78, 5) is 52.5. The Hall–Kier alpha value is -4.53. The van der Waals surface area contributed by atoms with Crippen molar-refractivity contribution < 1.29 is 47.2 Å². The number of aromatic amines is 1. The van der Waals surface area contributed by atoms with Crippen molar-refractivity contribution in [2.75, 3.05) is 59.5 Å². The number of esters is 3. The first-order chi connectivity index (χ1) is 28.1. The van der Waals surface area contributed by atoms with Crippen molar-refractivity contribution in [1.29, 1.82) is 0 Å². The van der Waals surface area contributed by atoms with Gasteiger partial charge in [-0.1, -0.05) is 37.3 Å². The molecule has 9 rings (SSSR count). The molecule has 5 aliphatic heterocycles. The van der Waals surface area contributed by atoms with Crippen molar-refractivity contribution in [1.82, 2.24) is 14.8 Å². The lowest BCUT2D eigenvalue weighted by molar-refractivity contribution is -0.228. The summed E-state index contributed by atoms with van der Waals surface area (Å²) in [5, 5.41) is 14.2. The number of hydrogen-bond donors (Lipinski definition) is 2. The molecule has 2 bridgehead atoms. The Morgan fingerprint density at radius 3 is 2.46 bits per heavy atom. The fourth-order valence-electron chi connectivity index (χ4n) is 13.2. The first-order valence-corrected chi connectivity index (χ1v) is 20.7. The summed E-state index contributed by atoms with van der Waals surface area (Å²) in [6.07, 6.45) is 4.04. The molecule has 0 radical (unpaired) electrons. The number of methoxy groups -OCH3 is 3. The number of hydrogen-bond acceptors (Lipinski definition) is 11. The van der Waals surface area contributed by atoms with Gasteiger partial charge < -0.3 is 33.9 Å². The number of likely N-dealkylation sites (N-methyl/N-ethyl adjacent to an activating group) is 1. The van der Waals surface area contributed by atoms with Crippen molar-refractivity contribution in [3.05, 3.63) is 70.9 Å². The van der Waals surface area contributed by atoms with Crippen LogP contribution in [0.5, 0.6) is 5.75 Å². The van der Waals surface area contributed by atoms with E-state index in [1.807, 2.05) is 67.4 Å². The minimum absolute atomic E-state index is 0.155. The number of alkyl halides is 2. The molecule has 12 nitrogen and oxygen atoms in total. The summed E-state index contributed by atoms with van der Waals surface area (Å²) < 4.78 is 54.3. The number of nitrogens with one attached hydrogen (secondary N) is 1. The lowest BCUT2D eigenvalue weighted by atomic mass is 9.47. The van der Waals surface area contributed by atoms with Crippen LogP contribution in [-0.2, 0) is 46.0 Å². The van der Waals surface area contributed by atoms with Gasteiger partial charge in [0.15, 0.2) is 6.10 Å². The maximum absolute atomic E-state index is 15.3. The van der Waals surface area contributed by atoms with Crippen LogP contribution in [0.4, 0.5) is 14.5 Å². The zero-order chi connectivity index (χ0) is 42.0. The van der Waals surface area contributed by atoms with Gasteiger partial charge in [0.2, 0.25) is 11.5 Å². The third-order valence-electron chi connectivity index (χ3n) is 15.3. The van der Waals surface area contributed by atoms with Crippen LogP contribution in [-0.4, -0.2) is 122 Å². The van der Waals surface area contributed by atoms with E-state index < -0.39 is 63.7 Å². The molecule has 14 heteroatoms. The Labute approximate surface area is 342 Å². The number of H-pyrrole nitrogens is 1. The minimum atomic E-state index is -2.94. The average Bonchev–Trinajstić information content (AvgIpc) is 3.86. The summed E-state index contributed by atoms with van der Waals surface area (Å²) in [6, 6.07) is 10.3. The predicted molar refractivity (Wildman–Crippen MR) is 214 cm³/mol. The normalized spacial score (nSPS) is 35.8. The van der Waals surface area contributed by atoms with Gasteiger partial charge in [-0.2, -0.15) is 0 Å². The lowest BCUT2D eigenvalue weighted by Crippen LogP contribution is -2.81. The van der Waals surface area contributed by atoms with Crippen LogP contribution in [0.3, 0.4) is 0 Å². The lowest BCUT2D eigenvalue weighted by Gasteiger charge is -2.63. The monoisotopic (exact) mass is 816 g/mol. The molecule has 316 valence electrons. The number of benzene rings is 2. The molecule has 6 heterocycles. The molecule has 3 aromatic rings. The molecule has 2 aromatic carbocycles. The number of piperidine rings is 1. The molecule has 1 aromatic heterocycles. The van der Waals surface area contributed by atoms with Crippen molar-refractivity contribution >= 4 is 34.5 Å². The molecule has 59 heavy (non-hydrogen) atoms. The van der Waals surface area contributed by atoms with E-state index >= 15 is 13.6 Å². The number of carbonyl (C=O) groups excluding carboxylic acids is 3. The fourth-order valence-corrected chi connectivity index (χ4v) is 13.2. The topological polar surface area (TPSA) is 134 Å². The number of rotatable bonds is 7. The zero-order valence-electron chi connectivity index (χ0n) is 34.8. The van der Waals surface area contributed by atoms with Crippen LogP contribution in [0.25, 0.3) is 10.9 Å². The van der Waals surface area contributed by atoms with E-state index in [9.17, 15) is 14.7 Å². The summed E-state index contributed by atoms with van der Waals surface area (Å²) in [6.45, 7) is 6.55. The molecule has 10 atom stereocenters. The second-order valence-corrected chi connectivity index (χ2v) is 18.0. The van der Waals surface area contributed by atoms with Gasteiger partial charge in [-0.25, -0.2) is 13.6 Å². The number of para-hydroxylation sites is 1. The van der Waals surface area contributed by atoms with Crippen molar-refractivity contribution in [3.63, 3.8) is 0 Å². The van der Waals surface area contributed by atoms with Crippen LogP contribution < -0.4 is 9.64 Å². The maximum Gasteiger partial charge on any atom is 0.344 e. The Bertz CT molecular complexity index is 2270. The van der Waals surface area contributed by atoms with Crippen LogP contribution in [0, 0.1) is 17.3 Å². The quantitative estimate of drug-likeness (QED) is 0.188. The SMILES string of the molecule is CCC12C=CCN3CC[C@@]4(c5cc([C@@]6(C(=O)OC)CC7C[C@H](C(C)(F)F)CN(Cc8c6[nH]c6ccccc86)C7)c(OC)cc5N(C)C4[C@@](O)(C(=O)OC)[C@@H]1OC(C)=O)C32. The second kappa shape index (κ2) is 13.5. The molecule has 1 saturated carbocycles. The number of carbonyl (C=O) groups is 3. The molecule has 2 saturated heterocycles. The van der Waals surface area contributed by atoms with Gasteiger partial charge in [0.1, 0.15) is 11.2 Å². The van der Waals surface area contributed by atoms with Gasteiger partial charge in [0, 0.05) is 96.9 Å². The van der Waals surface area contributed by atoms with Crippen LogP contribution in [0.1, 0.15) is 68.8 Å². The number of halogens is 2. The molecule has 6 aliphatic rings. The van der Waals surface area contributed by atoms with E-state index in [4.69, 9.17) is 18.9 Å². The molecule has 1 aliphatic carbocycles. The Morgan fingerprint density at radius 1 is 1.03 bits per heavy atom. The number of ether oxygens (including phenoxy) is 4. The van der Waals surface area contributed by atoms with E-state index in [2.05, 4.69) is 14.8 Å². The number of aromatic nitrogens is 1. The van der Waals surface area contributed by atoms with Gasteiger partial charge >= 0.3 is 17.9 Å². The number of nitrogens with zero attached hydrogens (tertiary/aromatic N) is 3. The summed E-state index contributed by atoms with van der Waals surface area (Å²) in [5.41, 5.74) is -1.64. The van der Waals surface area contributed by atoms with E-state index in [1.165, 1.54) is 28.3 Å². The van der Waals surface area contributed by atoms with Crippen LogP contribution in [0.2, 0.25) is 0 Å². The largest absolute Gasteiger partial charge is 0.496 e. The molecule has 3 fully saturated rings. The highest BCUT2D eigenvalue weighted by Crippen LogP contribution is 2.68. The summed E-state index contributed by atoms with van der Waals surface area (Å²) in [7, 11) is 5.94. The standard InChI is InChI=1S/C45H54F2N4O8/c1-8-42-14-11-16-51-17-15-43(36(42)51)30-19-31(34(56-5)20-33(30)49(4)37(43)45(55,40(54)58-7)38(42)59-25(2)52)44(39(53)57-6)21-26-18-27(41(3,46)47)23-50(22-26)24-29-28-12-9-10-13-32(28)48-35(29)44/h9-14,19-20,26-27,36-38,48,55H,8,15-18,21-24H2,1-7H3/t26?,27-,36?,37?,38+,42?,43+,44-,45-/m0/s1. The van der Waals surface area contributed by atoms with Crippen molar-refractivity contribution in [2.45, 2.75) is 93.5 Å². The highest BCUT2D eigenvalue weighted by molar-refractivity contribution is 5.95. The van der Waals surface area contributed by atoms with Gasteiger partial charge in [-0.05, 0) is 68.3 Å². The molecule has 5 unspecified atom stereocenters. The Balaban J connectivity index is 1.35. The van der Waals surface area contributed by atoms with E-state index in [0.29, 0.717) is 61.7 Å². The summed E-state index contributed by atoms with van der Waals surface area (Å²) >= 11 is 0. The third-order valence-corrected chi connectivity index (χ3v) is 15.3. The minimum Gasteiger partial charge on any atom is -0.496 e. The van der Waals surface area contributed by atoms with E-state index in [1.54, 1.807) is 0 Å². The number of anilines is 1. The van der Waals surface area contributed by atoms with Crippen LogP contribution >= 0.6 is 0 Å². The van der Waals surface area contributed by atoms with Gasteiger partial charge in [0.25, 0.3) is 0 Å². The van der Waals surface area contributed by atoms with E-state index in [-0.39, 0.29) is 31.3 Å². The molecule has 0 amide bonds. The van der Waals surface area contributed by atoms with Crippen molar-refractivity contribution in [2.24, 2.45) is 17.3 Å². The molecule has 1 spiro atoms. The third kappa shape index (κ3) is 5.17. The molecule has 2 N–H and O–H groups in total. The average molecular weight is 817 g/mol. The highest BCUT2D eigenvalue weighted by atomic mass is 19.3.